The predicted octanol–water partition coefficient (Wildman–Crippen LogP) is 4.63. The molecule has 0 saturated heterocycles. The first kappa shape index (κ1) is 17.4. The van der Waals surface area contributed by atoms with Gasteiger partial charge in [-0.05, 0) is 50.1 Å². The molecule has 0 unspecified atom stereocenters. The first-order valence-corrected chi connectivity index (χ1v) is 10.2. The summed E-state index contributed by atoms with van der Waals surface area (Å²) in [6, 6.07) is 9.51. The monoisotopic (exact) mass is 416 g/mol. The van der Waals surface area contributed by atoms with Gasteiger partial charge in [-0.25, -0.2) is 14.2 Å². The van der Waals surface area contributed by atoms with E-state index in [1.165, 1.54) is 0 Å². The molecular formula is C22H17ClN6O. The maximum absolute atomic E-state index is 6.33. The Labute approximate surface area is 176 Å². The van der Waals surface area contributed by atoms with E-state index < -0.39 is 0 Å². The van der Waals surface area contributed by atoms with Crippen LogP contribution >= 0.6 is 11.6 Å². The van der Waals surface area contributed by atoms with E-state index in [0.29, 0.717) is 5.02 Å². The van der Waals surface area contributed by atoms with Crippen molar-refractivity contribution in [3.05, 3.63) is 65.8 Å². The highest BCUT2D eigenvalue weighted by molar-refractivity contribution is 6.30. The first-order chi connectivity index (χ1) is 14.7. The van der Waals surface area contributed by atoms with E-state index in [1.54, 1.807) is 16.9 Å². The molecule has 0 amide bonds. The number of rotatable bonds is 4. The van der Waals surface area contributed by atoms with Crippen molar-refractivity contribution in [1.29, 1.82) is 0 Å². The lowest BCUT2D eigenvalue weighted by Gasteiger charge is -2.12. The zero-order valence-corrected chi connectivity index (χ0v) is 16.9. The molecule has 0 spiro atoms. The number of fused-ring (bicyclic) bond motifs is 2. The van der Waals surface area contributed by atoms with E-state index in [4.69, 9.17) is 21.4 Å². The minimum Gasteiger partial charge on any atom is -0.488 e. The van der Waals surface area contributed by atoms with Crippen LogP contribution in [0.25, 0.3) is 33.5 Å². The van der Waals surface area contributed by atoms with Gasteiger partial charge < -0.3 is 4.74 Å². The molecule has 4 aromatic heterocycles. The van der Waals surface area contributed by atoms with Crippen molar-refractivity contribution in [2.45, 2.75) is 25.9 Å². The smallest absolute Gasteiger partial charge is 0.164 e. The van der Waals surface area contributed by atoms with Crippen molar-refractivity contribution >= 4 is 28.2 Å². The van der Waals surface area contributed by atoms with Gasteiger partial charge in [0.15, 0.2) is 5.65 Å². The third kappa shape index (κ3) is 2.81. The fraction of sp³-hybridized carbons (Fsp3) is 0.182. The van der Waals surface area contributed by atoms with Crippen molar-refractivity contribution < 1.29 is 4.74 Å². The molecule has 1 fully saturated rings. The Morgan fingerprint density at radius 3 is 2.90 bits per heavy atom. The van der Waals surface area contributed by atoms with Gasteiger partial charge in [0.05, 0.1) is 34.8 Å². The van der Waals surface area contributed by atoms with Gasteiger partial charge in [0.1, 0.15) is 11.4 Å². The largest absolute Gasteiger partial charge is 0.488 e. The fourth-order valence-corrected chi connectivity index (χ4v) is 3.78. The summed E-state index contributed by atoms with van der Waals surface area (Å²) in [7, 11) is 0. The summed E-state index contributed by atoms with van der Waals surface area (Å²) in [5, 5.41) is 10.8. The Morgan fingerprint density at radius 1 is 1.13 bits per heavy atom. The molecule has 1 saturated carbocycles. The van der Waals surface area contributed by atoms with Gasteiger partial charge in [0.2, 0.25) is 0 Å². The van der Waals surface area contributed by atoms with Crippen LogP contribution in [0, 0.1) is 6.92 Å². The van der Waals surface area contributed by atoms with Crippen LogP contribution in [-0.2, 0) is 0 Å². The molecule has 6 rings (SSSR count). The molecule has 7 nitrogen and oxygen atoms in total. The lowest BCUT2D eigenvalue weighted by Crippen LogP contribution is -2.04. The number of halogens is 1. The Morgan fingerprint density at radius 2 is 2.03 bits per heavy atom. The fourth-order valence-electron chi connectivity index (χ4n) is 3.62. The number of hydrogen-bond acceptors (Lipinski definition) is 5. The lowest BCUT2D eigenvalue weighted by atomic mass is 10.1. The molecule has 1 aromatic carbocycles. The molecule has 1 aliphatic rings. The van der Waals surface area contributed by atoms with Gasteiger partial charge in [0.25, 0.3) is 0 Å². The molecule has 0 N–H and O–H groups in total. The van der Waals surface area contributed by atoms with Gasteiger partial charge in [0, 0.05) is 29.0 Å². The molecule has 1 aliphatic carbocycles. The van der Waals surface area contributed by atoms with Crippen LogP contribution in [0.1, 0.15) is 18.5 Å². The third-order valence-electron chi connectivity index (χ3n) is 5.27. The Bertz CT molecular complexity index is 1420. The molecule has 0 atom stereocenters. The molecule has 8 heteroatoms. The minimum atomic E-state index is 0.273. The van der Waals surface area contributed by atoms with Crippen LogP contribution in [0.15, 0.2) is 55.1 Å². The SMILES string of the molecule is Cc1nn(-c2cc(Cl)ccc2OC2CC2)c2cc(-c3cnn4cccnc34)ncc12. The third-order valence-corrected chi connectivity index (χ3v) is 5.51. The Kier molecular flexibility index (Phi) is 3.79. The van der Waals surface area contributed by atoms with Gasteiger partial charge >= 0.3 is 0 Å². The first-order valence-electron chi connectivity index (χ1n) is 9.78. The molecular weight excluding hydrogens is 400 g/mol. The second-order valence-corrected chi connectivity index (χ2v) is 7.90. The normalized spacial score (nSPS) is 13.9. The van der Waals surface area contributed by atoms with E-state index in [2.05, 4.69) is 15.1 Å². The highest BCUT2D eigenvalue weighted by Gasteiger charge is 2.25. The summed E-state index contributed by atoms with van der Waals surface area (Å²) in [5.74, 6) is 0.780. The maximum Gasteiger partial charge on any atom is 0.164 e. The molecule has 30 heavy (non-hydrogen) atoms. The van der Waals surface area contributed by atoms with Gasteiger partial charge in [-0.15, -0.1) is 0 Å². The number of benzene rings is 1. The van der Waals surface area contributed by atoms with Crippen LogP contribution in [0.4, 0.5) is 0 Å². The van der Waals surface area contributed by atoms with E-state index in [0.717, 1.165) is 57.8 Å². The van der Waals surface area contributed by atoms with Crippen LogP contribution in [0.5, 0.6) is 5.75 Å². The van der Waals surface area contributed by atoms with E-state index in [-0.39, 0.29) is 6.10 Å². The molecule has 4 heterocycles. The highest BCUT2D eigenvalue weighted by Crippen LogP contribution is 2.35. The summed E-state index contributed by atoms with van der Waals surface area (Å²) >= 11 is 6.33. The standard InChI is InChI=1S/C22H17ClN6O/c1-13-16-11-25-18(17-12-26-28-8-2-7-24-22(17)28)10-19(16)29(27-13)20-9-14(23)3-6-21(20)30-15-4-5-15/h2-3,6-12,15H,4-5H2,1H3. The molecule has 0 radical (unpaired) electrons. The second-order valence-electron chi connectivity index (χ2n) is 7.46. The maximum atomic E-state index is 6.33. The number of hydrogen-bond donors (Lipinski definition) is 0. The number of pyridine rings is 1. The van der Waals surface area contributed by atoms with E-state index in [1.807, 2.05) is 54.3 Å². The van der Waals surface area contributed by atoms with E-state index >= 15 is 0 Å². The van der Waals surface area contributed by atoms with Crippen molar-refractivity contribution in [2.24, 2.45) is 0 Å². The number of nitrogens with zero attached hydrogens (tertiary/aromatic N) is 6. The van der Waals surface area contributed by atoms with E-state index in [9.17, 15) is 0 Å². The van der Waals surface area contributed by atoms with Crippen LogP contribution in [0.2, 0.25) is 5.02 Å². The van der Waals surface area contributed by atoms with Gasteiger partial charge in [-0.2, -0.15) is 10.2 Å². The van der Waals surface area contributed by atoms with Gasteiger partial charge in [-0.3, -0.25) is 4.98 Å². The molecule has 148 valence electrons. The summed E-state index contributed by atoms with van der Waals surface area (Å²) in [5.41, 5.74) is 5.04. The topological polar surface area (TPSA) is 70.1 Å². The van der Waals surface area contributed by atoms with Crippen LogP contribution < -0.4 is 4.74 Å². The summed E-state index contributed by atoms with van der Waals surface area (Å²) < 4.78 is 9.75. The van der Waals surface area contributed by atoms with Crippen molar-refractivity contribution in [3.63, 3.8) is 0 Å². The highest BCUT2D eigenvalue weighted by atomic mass is 35.5. The summed E-state index contributed by atoms with van der Waals surface area (Å²) in [6.45, 7) is 1.98. The number of ether oxygens (including phenoxy) is 1. The van der Waals surface area contributed by atoms with Crippen LogP contribution in [0.3, 0.4) is 0 Å². The number of aromatic nitrogens is 6. The average molecular weight is 417 g/mol. The summed E-state index contributed by atoms with van der Waals surface area (Å²) in [4.78, 5) is 9.11. The predicted molar refractivity (Wildman–Crippen MR) is 114 cm³/mol. The molecule has 0 bridgehead atoms. The number of aryl methyl sites for hydroxylation is 1. The summed E-state index contributed by atoms with van der Waals surface area (Å²) in [6.07, 6.45) is 9.68. The quantitative estimate of drug-likeness (QED) is 0.427. The van der Waals surface area contributed by atoms with Crippen molar-refractivity contribution in [3.8, 4) is 22.7 Å². The molecule has 5 aromatic rings. The Hall–Kier alpha value is -3.45. The van der Waals surface area contributed by atoms with Crippen LogP contribution in [-0.4, -0.2) is 35.5 Å². The minimum absolute atomic E-state index is 0.273. The molecule has 0 aliphatic heterocycles. The lowest BCUT2D eigenvalue weighted by molar-refractivity contribution is 0.302. The second kappa shape index (κ2) is 6.53. The van der Waals surface area contributed by atoms with Gasteiger partial charge in [-0.1, -0.05) is 11.6 Å². The average Bonchev–Trinajstić information content (AvgIpc) is 3.38. The zero-order valence-electron chi connectivity index (χ0n) is 16.2. The zero-order chi connectivity index (χ0) is 20.2. The van der Waals surface area contributed by atoms with Crippen molar-refractivity contribution in [2.75, 3.05) is 0 Å². The van der Waals surface area contributed by atoms with Crippen molar-refractivity contribution in [1.82, 2.24) is 29.4 Å². The Balaban J connectivity index is 1.56.